The molecule has 0 saturated carbocycles. The smallest absolute Gasteiger partial charge is 0.325 e. The second-order valence-corrected chi connectivity index (χ2v) is 20.3. The van der Waals surface area contributed by atoms with Gasteiger partial charge in [-0.2, -0.15) is 0 Å². The van der Waals surface area contributed by atoms with E-state index < -0.39 is 85.1 Å². The fraction of sp³-hybridized carbons (Fsp3) is 0.885. The second-order valence-electron chi connectivity index (χ2n) is 20.3. The highest BCUT2D eigenvalue weighted by Crippen LogP contribution is 2.09. The molecule has 9 atom stereocenters. The first-order valence-corrected chi connectivity index (χ1v) is 30.7. The zero-order valence-electron chi connectivity index (χ0n) is 55.7. The third-order valence-electron chi connectivity index (χ3n) is 11.5. The van der Waals surface area contributed by atoms with E-state index >= 15 is 0 Å². The van der Waals surface area contributed by atoms with Crippen LogP contribution in [-0.2, 0) is 76.7 Å². The number of aliphatic hydroxyl groups excluding tert-OH is 4. The van der Waals surface area contributed by atoms with Crippen LogP contribution in [0.3, 0.4) is 0 Å². The first-order valence-electron chi connectivity index (χ1n) is 30.7. The van der Waals surface area contributed by atoms with Gasteiger partial charge in [0, 0.05) is 51.5 Å². The minimum absolute atomic E-state index is 0.0256. The van der Waals surface area contributed by atoms with Crippen molar-refractivity contribution >= 4 is 35.3 Å². The Morgan fingerprint density at radius 3 is 1.04 bits per heavy atom. The molecule has 0 heterocycles. The molecule has 0 amide bonds. The van der Waals surface area contributed by atoms with Gasteiger partial charge in [-0.05, 0) is 92.4 Å². The summed E-state index contributed by atoms with van der Waals surface area (Å²) in [6.45, 7) is 9.33. The van der Waals surface area contributed by atoms with Crippen LogP contribution >= 0.6 is 0 Å². The lowest BCUT2D eigenvalue weighted by Crippen LogP contribution is -2.42. The summed E-state index contributed by atoms with van der Waals surface area (Å²) in [7, 11) is 0. The van der Waals surface area contributed by atoms with E-state index in [9.17, 15) is 89.5 Å². The maximum absolute atomic E-state index is 11.4. The van der Waals surface area contributed by atoms with E-state index in [0.29, 0.717) is 77.4 Å². The number of rotatable bonds is 55. The molecule has 570 valence electrons. The highest BCUT2D eigenvalue weighted by Gasteiger charge is 2.21. The van der Waals surface area contributed by atoms with Gasteiger partial charge in [-0.3, -0.25) is 28.8 Å². The molecule has 0 fully saturated rings. The highest BCUT2D eigenvalue weighted by atomic mass is 17.0. The standard InChI is InChI=1S/C11H22N2O5.C9H18N2O6.C9H18N2O5.C8H17N3O6.C8H16N2O5.C7H14N2O5/c1-9(14)11(12)10(15)7-5-3-2-4-6-8-18-13(16)17;1-7(12)9(10)8(13)3-2-4-16-5-6-17-11(14)15;1-7(12)9(10)8(13)5-3-2-4-6-16-11(14)15;1-6(12)7(9)8(13)16-4-2-10-3-5-17-11(14)15;1-7(9)6-8(11)14-4-2-3-5-15-10(12)13;8-4-3-7(10)13-5-1-2-6-14-9(11)12/h9,11,14H,2-8,12H2,1H3;7,9,12H,2-6,10H2,1H3;7,9,12H,2-6,10H2,1H3;6-7,10,12H,2-5,9H2,1H3;7H,2-6,9H2,1H3;1-6,8H2. The van der Waals surface area contributed by atoms with Gasteiger partial charge in [0.2, 0.25) is 0 Å². The van der Waals surface area contributed by atoms with Crippen molar-refractivity contribution < 1.29 is 128 Å². The van der Waals surface area contributed by atoms with Crippen LogP contribution in [0.2, 0.25) is 0 Å². The van der Waals surface area contributed by atoms with E-state index in [-0.39, 0.29) is 140 Å². The molecule has 0 radical (unpaired) electrons. The van der Waals surface area contributed by atoms with Gasteiger partial charge in [-0.15, -0.1) is 60.7 Å². The third-order valence-corrected chi connectivity index (χ3v) is 11.5. The average molecular weight is 1420 g/mol. The van der Waals surface area contributed by atoms with Crippen molar-refractivity contribution in [2.24, 2.45) is 34.4 Å². The van der Waals surface area contributed by atoms with E-state index in [4.69, 9.17) is 73.8 Å². The highest BCUT2D eigenvalue weighted by molar-refractivity contribution is 5.85. The van der Waals surface area contributed by atoms with E-state index in [1.807, 2.05) is 0 Å². The van der Waals surface area contributed by atoms with Crippen LogP contribution in [0.25, 0.3) is 0 Å². The molecule has 0 rings (SSSR count). The molecule has 97 heavy (non-hydrogen) atoms. The van der Waals surface area contributed by atoms with Gasteiger partial charge < -0.3 is 108 Å². The Balaban J connectivity index is -0.000000257. The first-order chi connectivity index (χ1) is 45.5. The summed E-state index contributed by atoms with van der Waals surface area (Å²) in [5, 5.41) is 92.5. The number of ketones is 3. The van der Waals surface area contributed by atoms with Gasteiger partial charge in [0.05, 0.1) is 102 Å². The molecule has 0 aromatic heterocycles. The van der Waals surface area contributed by atoms with Crippen molar-refractivity contribution in [3.05, 3.63) is 60.7 Å². The van der Waals surface area contributed by atoms with Crippen molar-refractivity contribution in [2.45, 2.75) is 205 Å². The van der Waals surface area contributed by atoms with Gasteiger partial charge in [0.25, 0.3) is 30.5 Å². The van der Waals surface area contributed by atoms with E-state index in [0.717, 1.165) is 25.7 Å². The Labute approximate surface area is 559 Å². The Morgan fingerprint density at radius 1 is 0.361 bits per heavy atom. The monoisotopic (exact) mass is 1420 g/mol. The number of hydrogen-bond donors (Lipinski definition) is 11. The molecule has 0 aliphatic carbocycles. The lowest BCUT2D eigenvalue weighted by molar-refractivity contribution is -0.758. The molecule has 0 spiro atoms. The number of unbranched alkanes of at least 4 members (excludes halogenated alkanes) is 8. The molecule has 45 nitrogen and oxygen atoms in total. The molecule has 17 N–H and O–H groups in total. The van der Waals surface area contributed by atoms with Gasteiger partial charge in [-0.1, -0.05) is 25.7 Å². The largest absolute Gasteiger partial charge is 0.466 e. The number of aliphatic hydroxyl groups is 4. The number of hydrogen-bond acceptors (Lipinski definition) is 39. The van der Waals surface area contributed by atoms with Crippen molar-refractivity contribution in [1.29, 1.82) is 0 Å². The lowest BCUT2D eigenvalue weighted by Gasteiger charge is -2.13. The quantitative estimate of drug-likeness (QED) is 0.0106. The van der Waals surface area contributed by atoms with Crippen LogP contribution in [0.15, 0.2) is 0 Å². The van der Waals surface area contributed by atoms with Crippen molar-refractivity contribution in [1.82, 2.24) is 5.32 Å². The van der Waals surface area contributed by atoms with E-state index in [1.54, 1.807) is 6.92 Å². The number of nitrogens with zero attached hydrogens (tertiary/aromatic N) is 6. The fourth-order valence-electron chi connectivity index (χ4n) is 6.12. The second kappa shape index (κ2) is 69.5. The predicted molar refractivity (Wildman–Crippen MR) is 334 cm³/mol. The van der Waals surface area contributed by atoms with Crippen LogP contribution in [0.4, 0.5) is 0 Å². The van der Waals surface area contributed by atoms with E-state index in [1.165, 1.54) is 27.7 Å². The number of carbonyl (C=O) groups excluding carboxylic acids is 6. The summed E-state index contributed by atoms with van der Waals surface area (Å²) in [5.74, 6) is -1.93. The summed E-state index contributed by atoms with van der Waals surface area (Å²) in [4.78, 5) is 150. The normalized spacial score (nSPS) is 13.0. The summed E-state index contributed by atoms with van der Waals surface area (Å²) >= 11 is 0. The fourth-order valence-corrected chi connectivity index (χ4v) is 6.12. The molecular weight excluding hydrogens is 1320 g/mol. The molecule has 0 saturated heterocycles. The minimum Gasteiger partial charge on any atom is -0.466 e. The maximum atomic E-state index is 11.4. The lowest BCUT2D eigenvalue weighted by atomic mass is 10.0. The number of ether oxygens (including phenoxy) is 4. The van der Waals surface area contributed by atoms with Crippen LogP contribution in [-0.4, -0.2) is 233 Å². The Bertz CT molecular complexity index is 2060. The van der Waals surface area contributed by atoms with Gasteiger partial charge in [0.15, 0.2) is 17.3 Å². The number of carbonyl (C=O) groups is 6. The van der Waals surface area contributed by atoms with Crippen LogP contribution in [0, 0.1) is 60.7 Å². The number of esters is 3. The molecule has 0 aromatic rings. The van der Waals surface area contributed by atoms with Crippen molar-refractivity contribution in [2.75, 3.05) is 92.3 Å². The first kappa shape index (κ1) is 100. The minimum atomic E-state index is -1.06. The summed E-state index contributed by atoms with van der Waals surface area (Å²) < 4.78 is 19.3. The van der Waals surface area contributed by atoms with Gasteiger partial charge >= 0.3 is 17.9 Å². The zero-order chi connectivity index (χ0) is 75.5. The van der Waals surface area contributed by atoms with E-state index in [2.05, 4.69) is 34.3 Å². The Morgan fingerprint density at radius 2 is 0.670 bits per heavy atom. The third kappa shape index (κ3) is 82.3. The molecule has 0 aromatic carbocycles. The molecular formula is C52H105N13O32. The maximum Gasteiger partial charge on any atom is 0.325 e. The molecule has 0 aliphatic heterocycles. The molecule has 45 heteroatoms. The molecule has 0 aliphatic rings. The van der Waals surface area contributed by atoms with Crippen molar-refractivity contribution in [3.63, 3.8) is 0 Å². The zero-order valence-corrected chi connectivity index (χ0v) is 55.7. The van der Waals surface area contributed by atoms with Crippen LogP contribution < -0.4 is 39.7 Å². The van der Waals surface area contributed by atoms with Crippen LogP contribution in [0.1, 0.15) is 150 Å². The Kier molecular flexibility index (Phi) is 71.8. The summed E-state index contributed by atoms with van der Waals surface area (Å²) in [5.41, 5.74) is 32.2. The molecule has 9 unspecified atom stereocenters. The Hall–Kier alpha value is -7.86. The SMILES string of the molecule is CC(N)CC(=O)OCCCCO[N+](=O)[O-].CC(O)C(N)C(=O)CCCCCCCO[N+](=O)[O-].CC(O)C(N)C(=O)CCCCCO[N+](=O)[O-].CC(O)C(N)C(=O)CCCOCCO[N+](=O)[O-].CC(O)C(N)C(=O)OCCNCCO[N+](=O)[O-].NCCC(=O)OCCCCO[N+](=O)[O-]. The van der Waals surface area contributed by atoms with Crippen molar-refractivity contribution in [3.8, 4) is 0 Å². The summed E-state index contributed by atoms with van der Waals surface area (Å²) in [6, 6.07) is -3.77. The average Bonchev–Trinajstić information content (AvgIpc) is 2.26. The van der Waals surface area contributed by atoms with Gasteiger partial charge in [0.1, 0.15) is 25.9 Å². The number of nitrogens with two attached hydrogens (primary N) is 6. The number of Topliss-reactive ketones (excluding diaryl/α,β-unsaturated/α-hetero) is 3. The molecule has 0 bridgehead atoms. The summed E-state index contributed by atoms with van der Waals surface area (Å²) in [6.07, 6.45) is 6.04. The van der Waals surface area contributed by atoms with Gasteiger partial charge in [-0.25, -0.2) is 0 Å². The number of nitrogens with one attached hydrogen (secondary N) is 1. The van der Waals surface area contributed by atoms with Crippen LogP contribution in [0.5, 0.6) is 0 Å². The topological polar surface area (TPSA) is 703 Å². The predicted octanol–water partition coefficient (Wildman–Crippen LogP) is -1.73.